The fourth-order valence-electron chi connectivity index (χ4n) is 3.92. The lowest BCUT2D eigenvalue weighted by Gasteiger charge is -2.18. The van der Waals surface area contributed by atoms with Gasteiger partial charge in [-0.2, -0.15) is 0 Å². The van der Waals surface area contributed by atoms with Crippen LogP contribution in [0.15, 0.2) is 76.5 Å². The third-order valence-corrected chi connectivity index (χ3v) is 8.94. The molecule has 37 heavy (non-hydrogen) atoms. The van der Waals surface area contributed by atoms with Crippen molar-refractivity contribution in [2.75, 3.05) is 12.5 Å². The van der Waals surface area contributed by atoms with Crippen molar-refractivity contribution in [1.29, 1.82) is 0 Å². The molecule has 3 aromatic carbocycles. The molecule has 0 spiro atoms. The molecule has 4 rings (SSSR count). The molecular weight excluding hydrogens is 504 g/mol. The number of phenols is 2. The molecule has 200 valence electrons. The molecule has 2 atom stereocenters. The first kappa shape index (κ1) is 29.1. The van der Waals surface area contributed by atoms with E-state index < -0.39 is 11.2 Å². The molecule has 0 aliphatic carbocycles. The van der Waals surface area contributed by atoms with Crippen LogP contribution in [0.25, 0.3) is 0 Å². The predicted octanol–water partition coefficient (Wildman–Crippen LogP) is 7.70. The zero-order chi connectivity index (χ0) is 26.5. The van der Waals surface area contributed by atoms with Crippen LogP contribution in [-0.4, -0.2) is 32.6 Å². The van der Waals surface area contributed by atoms with E-state index in [4.69, 9.17) is 9.47 Å². The molecular formula is C30H38O5S2. The highest BCUT2D eigenvalue weighted by atomic mass is 32.2. The Morgan fingerprint density at radius 3 is 2.08 bits per heavy atom. The van der Waals surface area contributed by atoms with Crippen molar-refractivity contribution in [2.45, 2.75) is 73.8 Å². The van der Waals surface area contributed by atoms with E-state index in [0.717, 1.165) is 39.9 Å². The normalized spacial score (nSPS) is 13.5. The Bertz CT molecular complexity index is 1050. The van der Waals surface area contributed by atoms with Crippen LogP contribution in [0.4, 0.5) is 0 Å². The number of rotatable bonds is 12. The second kappa shape index (κ2) is 15.7. The monoisotopic (exact) mass is 542 g/mol. The summed E-state index contributed by atoms with van der Waals surface area (Å²) in [5.74, 6) is 2.91. The summed E-state index contributed by atoms with van der Waals surface area (Å²) in [6.45, 7) is 4.61. The quantitative estimate of drug-likeness (QED) is 0.180. The highest BCUT2D eigenvalue weighted by molar-refractivity contribution is 7.99. The fraction of sp³-hybridized carbons (Fsp3) is 0.400. The van der Waals surface area contributed by atoms with E-state index in [-0.39, 0.29) is 16.7 Å². The van der Waals surface area contributed by atoms with Crippen LogP contribution in [-0.2, 0) is 17.6 Å². The molecule has 1 heterocycles. The van der Waals surface area contributed by atoms with Crippen LogP contribution in [0.5, 0.6) is 23.0 Å². The summed E-state index contributed by atoms with van der Waals surface area (Å²) in [7, 11) is 0. The topological polar surface area (TPSA) is 82.0 Å². The van der Waals surface area contributed by atoms with Crippen molar-refractivity contribution in [3.05, 3.63) is 72.3 Å². The number of aromatic hydroxyl groups is 2. The maximum atomic E-state index is 12.3. The molecule has 1 aliphatic heterocycles. The molecule has 7 heteroatoms. The number of phenolic OH excluding ortho intramolecular Hbond substituents is 2. The zero-order valence-corrected chi connectivity index (χ0v) is 23.4. The van der Waals surface area contributed by atoms with Gasteiger partial charge in [0.1, 0.15) is 22.5 Å². The van der Waals surface area contributed by atoms with E-state index in [1.54, 1.807) is 24.3 Å². The maximum absolute atomic E-state index is 12.3. The summed E-state index contributed by atoms with van der Waals surface area (Å²) in [4.78, 5) is 1.47. The molecule has 0 radical (unpaired) electrons. The summed E-state index contributed by atoms with van der Waals surface area (Å²) in [6.07, 6.45) is 8.32. The zero-order valence-electron chi connectivity index (χ0n) is 21.7. The number of ether oxygens (including phenoxy) is 2. The van der Waals surface area contributed by atoms with Gasteiger partial charge in [-0.05, 0) is 61.7 Å². The van der Waals surface area contributed by atoms with Gasteiger partial charge in [-0.15, -0.1) is 0 Å². The molecule has 0 aromatic heterocycles. The molecule has 2 unspecified atom stereocenters. The smallest absolute Gasteiger partial charge is 0.231 e. The molecule has 0 saturated heterocycles. The maximum Gasteiger partial charge on any atom is 0.231 e. The van der Waals surface area contributed by atoms with Crippen molar-refractivity contribution >= 4 is 22.9 Å². The van der Waals surface area contributed by atoms with Gasteiger partial charge in [0.05, 0.1) is 9.79 Å². The molecule has 2 N–H and O–H groups in total. The van der Waals surface area contributed by atoms with E-state index in [1.807, 2.05) is 42.5 Å². The Labute approximate surface area is 228 Å². The van der Waals surface area contributed by atoms with Crippen molar-refractivity contribution in [3.8, 4) is 23.0 Å². The number of fused-ring (bicyclic) bond motifs is 1. The number of hydrogen-bond donors (Lipinski definition) is 2. The van der Waals surface area contributed by atoms with Gasteiger partial charge in [-0.3, -0.25) is 0 Å². The summed E-state index contributed by atoms with van der Waals surface area (Å²) < 4.78 is 23.0. The number of hydrogen-bond acceptors (Lipinski definition) is 6. The summed E-state index contributed by atoms with van der Waals surface area (Å²) in [5.41, 5.74) is 1.17. The molecule has 0 amide bonds. The largest absolute Gasteiger partial charge is 0.616 e. The first-order valence-corrected chi connectivity index (χ1v) is 15.2. The third-order valence-electron chi connectivity index (χ3n) is 6.06. The molecule has 0 bridgehead atoms. The van der Waals surface area contributed by atoms with E-state index in [0.29, 0.717) is 6.79 Å². The molecule has 5 nitrogen and oxygen atoms in total. The lowest BCUT2D eigenvalue weighted by molar-refractivity contribution is 0.174. The Balaban J connectivity index is 0.000000220. The Morgan fingerprint density at radius 1 is 0.838 bits per heavy atom. The second-order valence-electron chi connectivity index (χ2n) is 9.09. The van der Waals surface area contributed by atoms with Crippen molar-refractivity contribution in [2.24, 2.45) is 0 Å². The Morgan fingerprint density at radius 2 is 1.43 bits per heavy atom. The van der Waals surface area contributed by atoms with E-state index in [2.05, 4.69) is 13.8 Å². The molecule has 0 saturated carbocycles. The van der Waals surface area contributed by atoms with Gasteiger partial charge in [-0.1, -0.05) is 85.9 Å². The van der Waals surface area contributed by atoms with E-state index in [1.165, 1.54) is 49.4 Å². The minimum Gasteiger partial charge on any atom is -0.616 e. The first-order chi connectivity index (χ1) is 18.0. The van der Waals surface area contributed by atoms with E-state index >= 15 is 0 Å². The van der Waals surface area contributed by atoms with Crippen molar-refractivity contribution < 1.29 is 24.2 Å². The van der Waals surface area contributed by atoms with Crippen LogP contribution in [0.3, 0.4) is 0 Å². The van der Waals surface area contributed by atoms with Gasteiger partial charge in [0.2, 0.25) is 6.79 Å². The summed E-state index contributed by atoms with van der Waals surface area (Å²) in [6, 6.07) is 20.1. The lowest BCUT2D eigenvalue weighted by Crippen LogP contribution is -2.23. The Kier molecular flexibility index (Phi) is 12.3. The Hall–Kier alpha value is -2.48. The van der Waals surface area contributed by atoms with Gasteiger partial charge in [0.15, 0.2) is 11.5 Å². The highest BCUT2D eigenvalue weighted by Gasteiger charge is 2.19. The minimum absolute atomic E-state index is 0.191. The van der Waals surface area contributed by atoms with Crippen molar-refractivity contribution in [1.82, 2.24) is 0 Å². The minimum atomic E-state index is -0.743. The standard InChI is InChI=1S/C18H28O3S.C12H10O2S/c1-3-4-5-6-7-8-11-22(19)15(2)12-16-9-10-17-18(13-16)21-14-20-17;13-9-5-1-3-7-11(9)15-12-8-4-2-6-10(12)14/h9-10,13,15H,3-8,11-12,14H2,1-2H3;1-8,13-14H. The summed E-state index contributed by atoms with van der Waals surface area (Å²) >= 11 is 0.598. The lowest BCUT2D eigenvalue weighted by atomic mass is 10.1. The van der Waals surface area contributed by atoms with Gasteiger partial charge in [0.25, 0.3) is 0 Å². The van der Waals surface area contributed by atoms with Gasteiger partial charge >= 0.3 is 0 Å². The average Bonchev–Trinajstić information content (AvgIpc) is 3.37. The fourth-order valence-corrected chi connectivity index (χ4v) is 6.07. The van der Waals surface area contributed by atoms with Crippen LogP contribution in [0, 0.1) is 0 Å². The van der Waals surface area contributed by atoms with Crippen LogP contribution < -0.4 is 9.47 Å². The van der Waals surface area contributed by atoms with Crippen LogP contribution in [0.1, 0.15) is 57.9 Å². The summed E-state index contributed by atoms with van der Waals surface area (Å²) in [5, 5.41) is 19.3. The van der Waals surface area contributed by atoms with Gasteiger partial charge in [-0.25, -0.2) is 0 Å². The van der Waals surface area contributed by atoms with Gasteiger partial charge < -0.3 is 24.2 Å². The molecule has 0 fully saturated rings. The highest BCUT2D eigenvalue weighted by Crippen LogP contribution is 2.38. The van der Waals surface area contributed by atoms with E-state index in [9.17, 15) is 14.8 Å². The molecule has 3 aromatic rings. The van der Waals surface area contributed by atoms with Crippen LogP contribution >= 0.6 is 11.8 Å². The number of unbranched alkanes of at least 4 members (excludes halogenated alkanes) is 5. The van der Waals surface area contributed by atoms with Gasteiger partial charge in [0, 0.05) is 6.42 Å². The number of para-hydroxylation sites is 2. The predicted molar refractivity (Wildman–Crippen MR) is 152 cm³/mol. The van der Waals surface area contributed by atoms with Crippen molar-refractivity contribution in [3.63, 3.8) is 0 Å². The third kappa shape index (κ3) is 9.72. The molecule has 1 aliphatic rings. The average molecular weight is 543 g/mol. The number of benzene rings is 3. The second-order valence-corrected chi connectivity index (χ2v) is 12.2. The van der Waals surface area contributed by atoms with Crippen LogP contribution in [0.2, 0.25) is 0 Å². The SMILES string of the molecule is CCCCCCCC[S+]([O-])C(C)Cc1ccc2c(c1)OCO2.Oc1ccccc1Sc1ccccc1O. The first-order valence-electron chi connectivity index (χ1n) is 13.0.